The SMILES string of the molecule is CC(=O)C[C@H]1c2ccccc2S(=O)(=O)N1Cc1cccc(C(F)(F)F)c1. The summed E-state index contributed by atoms with van der Waals surface area (Å²) in [5.74, 6) is -0.198. The van der Waals surface area contributed by atoms with Crippen molar-refractivity contribution in [1.82, 2.24) is 4.31 Å². The summed E-state index contributed by atoms with van der Waals surface area (Å²) in [5, 5.41) is 0. The molecule has 0 saturated carbocycles. The van der Waals surface area contributed by atoms with Crippen molar-refractivity contribution in [1.29, 1.82) is 0 Å². The molecule has 0 bridgehead atoms. The van der Waals surface area contributed by atoms with Gasteiger partial charge < -0.3 is 0 Å². The van der Waals surface area contributed by atoms with E-state index in [2.05, 4.69) is 0 Å². The van der Waals surface area contributed by atoms with E-state index in [4.69, 9.17) is 0 Å². The van der Waals surface area contributed by atoms with Crippen molar-refractivity contribution in [3.05, 3.63) is 65.2 Å². The molecule has 1 heterocycles. The van der Waals surface area contributed by atoms with Crippen molar-refractivity contribution >= 4 is 15.8 Å². The van der Waals surface area contributed by atoms with Crippen LogP contribution in [0.4, 0.5) is 13.2 Å². The van der Waals surface area contributed by atoms with Gasteiger partial charge in [0.2, 0.25) is 10.0 Å². The van der Waals surface area contributed by atoms with E-state index in [1.165, 1.54) is 25.1 Å². The lowest BCUT2D eigenvalue weighted by Gasteiger charge is -2.23. The van der Waals surface area contributed by atoms with Crippen LogP contribution in [0.5, 0.6) is 0 Å². The lowest BCUT2D eigenvalue weighted by molar-refractivity contribution is -0.137. The molecule has 138 valence electrons. The monoisotopic (exact) mass is 383 g/mol. The summed E-state index contributed by atoms with van der Waals surface area (Å²) in [5.41, 5.74) is -0.133. The Balaban J connectivity index is 2.02. The molecule has 2 aromatic rings. The maximum absolute atomic E-state index is 12.9. The third-order valence-corrected chi connectivity index (χ3v) is 6.21. The van der Waals surface area contributed by atoms with Crippen LogP contribution in [-0.2, 0) is 27.5 Å². The summed E-state index contributed by atoms with van der Waals surface area (Å²) >= 11 is 0. The largest absolute Gasteiger partial charge is 0.416 e. The molecule has 0 aliphatic carbocycles. The van der Waals surface area contributed by atoms with E-state index in [1.807, 2.05) is 0 Å². The van der Waals surface area contributed by atoms with Crippen molar-refractivity contribution in [2.45, 2.75) is 37.0 Å². The van der Waals surface area contributed by atoms with Gasteiger partial charge >= 0.3 is 6.18 Å². The maximum Gasteiger partial charge on any atom is 0.416 e. The molecule has 0 unspecified atom stereocenters. The molecule has 0 spiro atoms. The van der Waals surface area contributed by atoms with Gasteiger partial charge in [-0.05, 0) is 30.2 Å². The van der Waals surface area contributed by atoms with Gasteiger partial charge in [-0.15, -0.1) is 0 Å². The predicted octanol–water partition coefficient (Wildman–Crippen LogP) is 3.93. The van der Waals surface area contributed by atoms with E-state index in [9.17, 15) is 26.4 Å². The number of ketones is 1. The van der Waals surface area contributed by atoms with Crippen LogP contribution in [-0.4, -0.2) is 18.5 Å². The summed E-state index contributed by atoms with van der Waals surface area (Å²) in [4.78, 5) is 11.7. The molecule has 1 aliphatic heterocycles. The number of halogens is 3. The summed E-state index contributed by atoms with van der Waals surface area (Å²) < 4.78 is 65.6. The predicted molar refractivity (Wildman–Crippen MR) is 88.7 cm³/mol. The Bertz CT molecular complexity index is 954. The molecular formula is C18H16F3NO3S. The average molecular weight is 383 g/mol. The molecule has 2 aromatic carbocycles. The molecule has 8 heteroatoms. The molecule has 4 nitrogen and oxygen atoms in total. The number of nitrogens with zero attached hydrogens (tertiary/aromatic N) is 1. The Morgan fingerprint density at radius 3 is 2.46 bits per heavy atom. The molecule has 0 N–H and O–H groups in total. The van der Waals surface area contributed by atoms with Gasteiger partial charge in [0.05, 0.1) is 16.5 Å². The summed E-state index contributed by atoms with van der Waals surface area (Å²) in [6.07, 6.45) is -4.54. The molecule has 0 amide bonds. The van der Waals surface area contributed by atoms with E-state index in [1.54, 1.807) is 18.2 Å². The third kappa shape index (κ3) is 3.39. The van der Waals surface area contributed by atoms with E-state index in [0.717, 1.165) is 16.4 Å². The Hall–Kier alpha value is -2.19. The summed E-state index contributed by atoms with van der Waals surface area (Å²) in [6.45, 7) is 1.12. The molecule has 3 rings (SSSR count). The molecule has 0 saturated heterocycles. The quantitative estimate of drug-likeness (QED) is 0.804. The Morgan fingerprint density at radius 2 is 1.81 bits per heavy atom. The van der Waals surface area contributed by atoms with Crippen molar-refractivity contribution in [2.75, 3.05) is 0 Å². The number of rotatable bonds is 4. The van der Waals surface area contributed by atoms with Crippen LogP contribution in [0.25, 0.3) is 0 Å². The van der Waals surface area contributed by atoms with Crippen molar-refractivity contribution in [3.8, 4) is 0 Å². The zero-order chi connectivity index (χ0) is 19.1. The third-order valence-electron chi connectivity index (χ3n) is 4.29. The fourth-order valence-electron chi connectivity index (χ4n) is 3.14. The molecule has 0 radical (unpaired) electrons. The summed E-state index contributed by atoms with van der Waals surface area (Å²) in [6, 6.07) is 10.2. The van der Waals surface area contributed by atoms with Crippen LogP contribution < -0.4 is 0 Å². The van der Waals surface area contributed by atoms with E-state index in [-0.39, 0.29) is 29.2 Å². The second-order valence-electron chi connectivity index (χ2n) is 6.21. The van der Waals surface area contributed by atoms with Gasteiger partial charge in [0.15, 0.2) is 0 Å². The van der Waals surface area contributed by atoms with E-state index < -0.39 is 27.8 Å². The smallest absolute Gasteiger partial charge is 0.300 e. The molecular weight excluding hydrogens is 367 g/mol. The standard InChI is InChI=1S/C18H16F3NO3S/c1-12(23)9-16-15-7-2-3-8-17(15)26(24,25)22(16)11-13-5-4-6-14(10-13)18(19,20)21/h2-8,10,16H,9,11H2,1H3/t16-/m0/s1. The first-order chi connectivity index (χ1) is 12.1. The number of carbonyl (C=O) groups is 1. The van der Waals surface area contributed by atoms with Gasteiger partial charge in [0.25, 0.3) is 0 Å². The van der Waals surface area contributed by atoms with Crippen LogP contribution in [0.3, 0.4) is 0 Å². The highest BCUT2D eigenvalue weighted by Crippen LogP contribution is 2.42. The van der Waals surface area contributed by atoms with Gasteiger partial charge in [0, 0.05) is 13.0 Å². The number of hydrogen-bond donors (Lipinski definition) is 0. The zero-order valence-corrected chi connectivity index (χ0v) is 14.6. The number of carbonyl (C=O) groups excluding carboxylic acids is 1. The second kappa shape index (κ2) is 6.51. The van der Waals surface area contributed by atoms with Gasteiger partial charge in [0.1, 0.15) is 5.78 Å². The number of sulfonamides is 1. The van der Waals surface area contributed by atoms with Gasteiger partial charge in [-0.25, -0.2) is 8.42 Å². The van der Waals surface area contributed by atoms with Crippen LogP contribution >= 0.6 is 0 Å². The van der Waals surface area contributed by atoms with Crippen LogP contribution in [0.2, 0.25) is 0 Å². The minimum absolute atomic E-state index is 0.0325. The van der Waals surface area contributed by atoms with Gasteiger partial charge in [-0.3, -0.25) is 4.79 Å². The van der Waals surface area contributed by atoms with Crippen molar-refractivity contribution in [3.63, 3.8) is 0 Å². The lowest BCUT2D eigenvalue weighted by atomic mass is 10.0. The number of Topliss-reactive ketones (excluding diaryl/α,β-unsaturated/α-hetero) is 1. The highest BCUT2D eigenvalue weighted by atomic mass is 32.2. The molecule has 1 aliphatic rings. The molecule has 0 fully saturated rings. The first-order valence-corrected chi connectivity index (χ1v) is 9.31. The Labute approximate surface area is 149 Å². The average Bonchev–Trinajstić information content (AvgIpc) is 2.76. The Morgan fingerprint density at radius 1 is 1.12 bits per heavy atom. The van der Waals surface area contributed by atoms with E-state index in [0.29, 0.717) is 5.56 Å². The maximum atomic E-state index is 12.9. The Kier molecular flexibility index (Phi) is 4.66. The number of hydrogen-bond acceptors (Lipinski definition) is 3. The first kappa shape index (κ1) is 18.6. The molecule has 0 aromatic heterocycles. The van der Waals surface area contributed by atoms with E-state index >= 15 is 0 Å². The van der Waals surface area contributed by atoms with Crippen molar-refractivity contribution < 1.29 is 26.4 Å². The minimum atomic E-state index is -4.51. The fraction of sp³-hybridized carbons (Fsp3) is 0.278. The number of alkyl halides is 3. The van der Waals surface area contributed by atoms with Crippen LogP contribution in [0, 0.1) is 0 Å². The molecule has 26 heavy (non-hydrogen) atoms. The lowest BCUT2D eigenvalue weighted by Crippen LogP contribution is -2.29. The second-order valence-corrected chi connectivity index (χ2v) is 8.07. The van der Waals surface area contributed by atoms with Gasteiger partial charge in [-0.2, -0.15) is 17.5 Å². The highest BCUT2D eigenvalue weighted by molar-refractivity contribution is 7.89. The fourth-order valence-corrected chi connectivity index (χ4v) is 4.99. The van der Waals surface area contributed by atoms with Gasteiger partial charge in [-0.1, -0.05) is 36.4 Å². The van der Waals surface area contributed by atoms with Crippen molar-refractivity contribution in [2.24, 2.45) is 0 Å². The van der Waals surface area contributed by atoms with Crippen LogP contribution in [0.1, 0.15) is 36.1 Å². The first-order valence-electron chi connectivity index (χ1n) is 7.87. The normalized spacial score (nSPS) is 19.3. The number of fused-ring (bicyclic) bond motifs is 1. The molecule has 1 atom stereocenters. The minimum Gasteiger partial charge on any atom is -0.300 e. The van der Waals surface area contributed by atoms with Crippen LogP contribution in [0.15, 0.2) is 53.4 Å². The summed E-state index contributed by atoms with van der Waals surface area (Å²) in [7, 11) is -3.89. The topological polar surface area (TPSA) is 54.5 Å². The zero-order valence-electron chi connectivity index (χ0n) is 13.8. The number of benzene rings is 2. The highest BCUT2D eigenvalue weighted by Gasteiger charge is 2.42.